The molecular weight excluding hydrogens is 452 g/mol. The van der Waals surface area contributed by atoms with Gasteiger partial charge in [0.15, 0.2) is 0 Å². The molecule has 0 saturated heterocycles. The number of hydrogen-bond donors (Lipinski definition) is 0. The maximum atomic E-state index is 13.0. The summed E-state index contributed by atoms with van der Waals surface area (Å²) < 4.78 is 54.6. The molecule has 1 nitrogen and oxygen atoms in total. The van der Waals surface area contributed by atoms with Gasteiger partial charge in [-0.25, -0.2) is 0 Å². The van der Waals surface area contributed by atoms with E-state index in [1.165, 1.54) is 73.9 Å². The van der Waals surface area contributed by atoms with Gasteiger partial charge in [0, 0.05) is 11.5 Å². The fourth-order valence-electron chi connectivity index (χ4n) is 4.63. The third-order valence-electron chi connectivity index (χ3n) is 6.78. The van der Waals surface area contributed by atoms with Crippen LogP contribution in [0.1, 0.15) is 93.7 Å². The van der Waals surface area contributed by atoms with Gasteiger partial charge in [0.25, 0.3) is 0 Å². The van der Waals surface area contributed by atoms with Crippen LogP contribution >= 0.6 is 0 Å². The lowest BCUT2D eigenvalue weighted by Crippen LogP contribution is -2.33. The van der Waals surface area contributed by atoms with E-state index in [-0.39, 0.29) is 5.75 Å². The summed E-state index contributed by atoms with van der Waals surface area (Å²) in [5.41, 5.74) is 3.50. The molecule has 1 aliphatic carbocycles. The fourth-order valence-corrected chi connectivity index (χ4v) is 4.63. The topological polar surface area (TPSA) is 9.23 Å². The number of aryl methyl sites for hydroxylation is 1. The summed E-state index contributed by atoms with van der Waals surface area (Å²) in [6.07, 6.45) is 4.97. The molecule has 0 atom stereocenters. The molecule has 1 fully saturated rings. The summed E-state index contributed by atoms with van der Waals surface area (Å²) in [6.45, 7) is 2.25. The molecule has 0 aliphatic heterocycles. The Labute approximate surface area is 207 Å². The summed E-state index contributed by atoms with van der Waals surface area (Å²) in [5.74, 6) is 6.94. The lowest BCUT2D eigenvalue weighted by Gasteiger charge is -2.26. The monoisotopic (exact) mass is 488 g/mol. The predicted molar refractivity (Wildman–Crippen MR) is 133 cm³/mol. The summed E-state index contributed by atoms with van der Waals surface area (Å²) in [6, 6.07) is 14.7. The highest BCUT2D eigenvalue weighted by Crippen LogP contribution is 2.36. The van der Waals surface area contributed by atoms with Crippen LogP contribution in [0.3, 0.4) is 0 Å². The van der Waals surface area contributed by atoms with Crippen LogP contribution < -0.4 is 4.74 Å². The molecule has 0 radical (unpaired) electrons. The fraction of sp³-hybridized carbons (Fsp3) is 0.533. The van der Waals surface area contributed by atoms with E-state index >= 15 is 0 Å². The van der Waals surface area contributed by atoms with Crippen LogP contribution in [-0.2, 0) is 6.42 Å². The van der Waals surface area contributed by atoms with Crippen molar-refractivity contribution in [1.82, 2.24) is 0 Å². The Kier molecular flexibility index (Phi) is 10.5. The Morgan fingerprint density at radius 2 is 1.49 bits per heavy atom. The molecule has 0 bridgehead atoms. The van der Waals surface area contributed by atoms with Crippen LogP contribution in [0.5, 0.6) is 5.75 Å². The Morgan fingerprint density at radius 3 is 2.11 bits per heavy atom. The van der Waals surface area contributed by atoms with Crippen molar-refractivity contribution >= 4 is 0 Å². The highest BCUT2D eigenvalue weighted by Gasteiger charge is 2.43. The molecule has 0 unspecified atom stereocenters. The van der Waals surface area contributed by atoms with Crippen LogP contribution in [-0.4, -0.2) is 12.5 Å². The first-order valence-electron chi connectivity index (χ1n) is 12.9. The summed E-state index contributed by atoms with van der Waals surface area (Å²) in [5, 5.41) is 0. The Bertz CT molecular complexity index is 933. The third kappa shape index (κ3) is 8.91. The molecule has 35 heavy (non-hydrogen) atoms. The SMILES string of the molecule is CCCCCCCCc1ccc(C2CCC(C#Cc3ccc(OC(F)(F)C(F)F)cc3)CC2)cc1. The molecule has 0 N–H and O–H groups in total. The molecule has 190 valence electrons. The van der Waals surface area contributed by atoms with Crippen molar-refractivity contribution in [3.63, 3.8) is 0 Å². The zero-order chi connectivity index (χ0) is 25.1. The van der Waals surface area contributed by atoms with Crippen molar-refractivity contribution in [3.05, 3.63) is 65.2 Å². The van der Waals surface area contributed by atoms with Gasteiger partial charge in [-0.15, -0.1) is 0 Å². The van der Waals surface area contributed by atoms with E-state index in [2.05, 4.69) is 47.8 Å². The van der Waals surface area contributed by atoms with Gasteiger partial charge in [0.05, 0.1) is 0 Å². The van der Waals surface area contributed by atoms with Gasteiger partial charge in [-0.1, -0.05) is 75.1 Å². The van der Waals surface area contributed by atoms with Crippen LogP contribution in [0.2, 0.25) is 0 Å². The van der Waals surface area contributed by atoms with Gasteiger partial charge in [0.1, 0.15) is 5.75 Å². The number of ether oxygens (including phenoxy) is 1. The van der Waals surface area contributed by atoms with Gasteiger partial charge >= 0.3 is 12.5 Å². The average molecular weight is 489 g/mol. The first-order chi connectivity index (χ1) is 16.9. The van der Waals surface area contributed by atoms with E-state index < -0.39 is 12.5 Å². The van der Waals surface area contributed by atoms with Crippen molar-refractivity contribution in [1.29, 1.82) is 0 Å². The minimum atomic E-state index is -4.50. The number of hydrogen-bond acceptors (Lipinski definition) is 1. The van der Waals surface area contributed by atoms with Crippen molar-refractivity contribution in [2.24, 2.45) is 5.92 Å². The molecule has 0 spiro atoms. The summed E-state index contributed by atoms with van der Waals surface area (Å²) in [4.78, 5) is 0. The number of unbranched alkanes of at least 4 members (excludes halogenated alkanes) is 5. The normalized spacial score (nSPS) is 18.2. The molecule has 5 heteroatoms. The molecule has 1 aliphatic rings. The number of halogens is 4. The van der Waals surface area contributed by atoms with E-state index in [0.29, 0.717) is 17.4 Å². The molecule has 2 aromatic carbocycles. The maximum absolute atomic E-state index is 13.0. The maximum Gasteiger partial charge on any atom is 0.461 e. The zero-order valence-corrected chi connectivity index (χ0v) is 20.5. The van der Waals surface area contributed by atoms with Crippen LogP contribution in [0.4, 0.5) is 17.6 Å². The number of rotatable bonds is 11. The van der Waals surface area contributed by atoms with E-state index in [4.69, 9.17) is 0 Å². The van der Waals surface area contributed by atoms with E-state index in [1.54, 1.807) is 0 Å². The second-order valence-electron chi connectivity index (χ2n) is 9.57. The van der Waals surface area contributed by atoms with Crippen molar-refractivity contribution in [2.75, 3.05) is 0 Å². The standard InChI is InChI=1S/C30H36F4O/c1-2-3-4-5-6-7-8-23-11-17-26(18-12-23)27-19-13-24(14-20-27)9-10-25-15-21-28(22-16-25)35-30(33,34)29(31)32/h11-12,15-18,21-22,24,27,29H,2-8,13-14,19-20H2,1H3. The van der Waals surface area contributed by atoms with Crippen LogP contribution in [0, 0.1) is 17.8 Å². The summed E-state index contributed by atoms with van der Waals surface area (Å²) >= 11 is 0. The minimum absolute atomic E-state index is 0.303. The lowest BCUT2D eigenvalue weighted by atomic mass is 9.78. The van der Waals surface area contributed by atoms with Crippen LogP contribution in [0.25, 0.3) is 0 Å². The highest BCUT2D eigenvalue weighted by atomic mass is 19.3. The summed E-state index contributed by atoms with van der Waals surface area (Å²) in [7, 11) is 0. The molecule has 0 heterocycles. The third-order valence-corrected chi connectivity index (χ3v) is 6.78. The largest absolute Gasteiger partial charge is 0.461 e. The molecular formula is C30H36F4O. The minimum Gasteiger partial charge on any atom is -0.428 e. The number of alkyl halides is 4. The molecule has 3 rings (SSSR count). The second kappa shape index (κ2) is 13.6. The van der Waals surface area contributed by atoms with Gasteiger partial charge < -0.3 is 4.74 Å². The smallest absolute Gasteiger partial charge is 0.428 e. The van der Waals surface area contributed by atoms with Crippen molar-refractivity contribution < 1.29 is 22.3 Å². The highest BCUT2D eigenvalue weighted by molar-refractivity contribution is 5.39. The first kappa shape index (κ1) is 27.1. The molecule has 2 aromatic rings. The molecule has 0 aromatic heterocycles. The van der Waals surface area contributed by atoms with Gasteiger partial charge in [-0.2, -0.15) is 17.6 Å². The van der Waals surface area contributed by atoms with Gasteiger partial charge in [-0.05, 0) is 79.8 Å². The van der Waals surface area contributed by atoms with E-state index in [1.807, 2.05) is 0 Å². The average Bonchev–Trinajstić information content (AvgIpc) is 2.86. The van der Waals surface area contributed by atoms with Crippen molar-refractivity contribution in [3.8, 4) is 17.6 Å². The Balaban J connectivity index is 1.42. The van der Waals surface area contributed by atoms with E-state index in [9.17, 15) is 17.6 Å². The lowest BCUT2D eigenvalue weighted by molar-refractivity contribution is -0.253. The second-order valence-corrected chi connectivity index (χ2v) is 9.57. The Hall–Kier alpha value is -2.48. The predicted octanol–water partition coefficient (Wildman–Crippen LogP) is 9.15. The molecule has 0 amide bonds. The molecule has 1 saturated carbocycles. The van der Waals surface area contributed by atoms with Gasteiger partial charge in [-0.3, -0.25) is 0 Å². The van der Waals surface area contributed by atoms with E-state index in [0.717, 1.165) is 32.1 Å². The van der Waals surface area contributed by atoms with Crippen LogP contribution in [0.15, 0.2) is 48.5 Å². The zero-order valence-electron chi connectivity index (χ0n) is 20.5. The quantitative estimate of drug-likeness (QED) is 0.174. The van der Waals surface area contributed by atoms with Gasteiger partial charge in [0.2, 0.25) is 0 Å². The Morgan fingerprint density at radius 1 is 0.857 bits per heavy atom. The van der Waals surface area contributed by atoms with Crippen molar-refractivity contribution in [2.45, 2.75) is 96.0 Å². The number of benzene rings is 2. The first-order valence-corrected chi connectivity index (χ1v) is 12.9.